The van der Waals surface area contributed by atoms with Crippen molar-refractivity contribution < 1.29 is 9.53 Å². The molecule has 0 spiro atoms. The minimum absolute atomic E-state index is 0.312. The highest BCUT2D eigenvalue weighted by atomic mass is 16.5. The number of benzene rings is 1. The van der Waals surface area contributed by atoms with Crippen LogP contribution in [-0.4, -0.2) is 12.0 Å². The maximum Gasteiger partial charge on any atom is 0.328 e. The number of hydrogen-bond donors (Lipinski definition) is 1. The van der Waals surface area contributed by atoms with Crippen molar-refractivity contribution in [1.29, 1.82) is 0 Å². The van der Waals surface area contributed by atoms with Gasteiger partial charge < -0.3 is 10.5 Å². The van der Waals surface area contributed by atoms with Crippen LogP contribution >= 0.6 is 0 Å². The monoisotopic (exact) mass is 261 g/mol. The molecule has 2 N–H and O–H groups in total. The zero-order valence-corrected chi connectivity index (χ0v) is 11.8. The largest absolute Gasteiger partial charge is 0.425 e. The van der Waals surface area contributed by atoms with Gasteiger partial charge in [0.15, 0.2) is 0 Å². The summed E-state index contributed by atoms with van der Waals surface area (Å²) in [6.07, 6.45) is 5.13. The molecule has 0 radical (unpaired) electrons. The number of carbonyl (C=O) groups excluding carboxylic acids is 1. The lowest BCUT2D eigenvalue weighted by Gasteiger charge is -2.20. The van der Waals surface area contributed by atoms with E-state index in [4.69, 9.17) is 10.5 Å². The van der Waals surface area contributed by atoms with E-state index in [9.17, 15) is 4.79 Å². The van der Waals surface area contributed by atoms with Crippen LogP contribution in [0.15, 0.2) is 18.2 Å². The Morgan fingerprint density at radius 2 is 2.05 bits per heavy atom. The minimum Gasteiger partial charge on any atom is -0.425 e. The second-order valence-corrected chi connectivity index (χ2v) is 5.76. The summed E-state index contributed by atoms with van der Waals surface area (Å²) in [5, 5.41) is 0. The van der Waals surface area contributed by atoms with Gasteiger partial charge in [0.1, 0.15) is 11.8 Å². The summed E-state index contributed by atoms with van der Waals surface area (Å²) in [5.41, 5.74) is 8.37. The molecule has 3 heteroatoms. The Bertz CT molecular complexity index is 454. The normalized spacial score (nSPS) is 16.0. The first-order valence-electron chi connectivity index (χ1n) is 7.16. The van der Waals surface area contributed by atoms with Gasteiger partial charge >= 0.3 is 5.97 Å². The van der Waals surface area contributed by atoms with E-state index in [0.29, 0.717) is 18.1 Å². The van der Waals surface area contributed by atoms with Crippen molar-refractivity contribution in [2.75, 3.05) is 0 Å². The Morgan fingerprint density at radius 1 is 1.32 bits per heavy atom. The number of esters is 1. The number of nitrogens with two attached hydrogens (primary N) is 1. The molecular weight excluding hydrogens is 238 g/mol. The number of ether oxygens (including phenoxy) is 1. The predicted octanol–water partition coefficient (Wildman–Crippen LogP) is 2.84. The lowest BCUT2D eigenvalue weighted by Crippen LogP contribution is -2.35. The van der Waals surface area contributed by atoms with Crippen LogP contribution in [0.3, 0.4) is 0 Å². The van der Waals surface area contributed by atoms with E-state index in [-0.39, 0.29) is 5.97 Å². The first-order chi connectivity index (χ1) is 9.08. The quantitative estimate of drug-likeness (QED) is 0.670. The summed E-state index contributed by atoms with van der Waals surface area (Å²) in [5.74, 6) is 0.793. The summed E-state index contributed by atoms with van der Waals surface area (Å²) in [6.45, 7) is 4.11. The Hall–Kier alpha value is -1.35. The van der Waals surface area contributed by atoms with Crippen molar-refractivity contribution >= 4 is 5.97 Å². The zero-order valence-electron chi connectivity index (χ0n) is 11.8. The maximum absolute atomic E-state index is 12.0. The van der Waals surface area contributed by atoms with Crippen molar-refractivity contribution in [3.8, 4) is 5.75 Å². The molecule has 1 aromatic carbocycles. The van der Waals surface area contributed by atoms with Gasteiger partial charge in [0.2, 0.25) is 0 Å². The number of fused-ring (bicyclic) bond motifs is 1. The van der Waals surface area contributed by atoms with E-state index in [1.807, 2.05) is 12.1 Å². The van der Waals surface area contributed by atoms with Crippen molar-refractivity contribution in [2.45, 2.75) is 52.0 Å². The van der Waals surface area contributed by atoms with Crippen molar-refractivity contribution in [2.24, 2.45) is 11.7 Å². The number of rotatable bonds is 4. The van der Waals surface area contributed by atoms with Gasteiger partial charge in [0, 0.05) is 0 Å². The molecule has 104 valence electrons. The molecule has 0 heterocycles. The Balaban J connectivity index is 2.09. The summed E-state index contributed by atoms with van der Waals surface area (Å²) in [7, 11) is 0. The Kier molecular flexibility index (Phi) is 4.59. The zero-order chi connectivity index (χ0) is 13.8. The molecule has 2 rings (SSSR count). The topological polar surface area (TPSA) is 52.3 Å². The van der Waals surface area contributed by atoms with Gasteiger partial charge in [0.05, 0.1) is 0 Å². The SMILES string of the molecule is CC(C)CC(N)C(=O)Oc1cccc2c1CCCC2. The standard InChI is InChI=1S/C16H23NO2/c1-11(2)10-14(17)16(18)19-15-9-5-7-12-6-3-4-8-13(12)15/h5,7,9,11,14H,3-4,6,8,10,17H2,1-2H3. The third-order valence-corrected chi connectivity index (χ3v) is 3.59. The average molecular weight is 261 g/mol. The fourth-order valence-electron chi connectivity index (χ4n) is 2.63. The van der Waals surface area contributed by atoms with Crippen LogP contribution in [-0.2, 0) is 17.6 Å². The molecule has 1 aromatic rings. The molecule has 0 aromatic heterocycles. The Morgan fingerprint density at radius 3 is 2.79 bits per heavy atom. The fraction of sp³-hybridized carbons (Fsp3) is 0.562. The van der Waals surface area contributed by atoms with Crippen LogP contribution in [0.2, 0.25) is 0 Å². The Labute approximate surface area is 115 Å². The molecule has 1 aliphatic rings. The predicted molar refractivity (Wildman–Crippen MR) is 76.1 cm³/mol. The highest BCUT2D eigenvalue weighted by Crippen LogP contribution is 2.29. The fourth-order valence-corrected chi connectivity index (χ4v) is 2.63. The molecule has 0 bridgehead atoms. The third-order valence-electron chi connectivity index (χ3n) is 3.59. The first kappa shape index (κ1) is 14.1. The summed E-state index contributed by atoms with van der Waals surface area (Å²) in [4.78, 5) is 12.0. The maximum atomic E-state index is 12.0. The van der Waals surface area contributed by atoms with Gasteiger partial charge in [-0.25, -0.2) is 4.79 Å². The van der Waals surface area contributed by atoms with Gasteiger partial charge in [-0.3, -0.25) is 0 Å². The minimum atomic E-state index is -0.528. The second-order valence-electron chi connectivity index (χ2n) is 5.76. The van der Waals surface area contributed by atoms with E-state index in [2.05, 4.69) is 19.9 Å². The van der Waals surface area contributed by atoms with Crippen LogP contribution in [0.25, 0.3) is 0 Å². The van der Waals surface area contributed by atoms with Gasteiger partial charge in [-0.05, 0) is 55.2 Å². The molecule has 0 amide bonds. The van der Waals surface area contributed by atoms with Crippen LogP contribution < -0.4 is 10.5 Å². The lowest BCUT2D eigenvalue weighted by molar-refractivity contribution is -0.136. The molecule has 19 heavy (non-hydrogen) atoms. The summed E-state index contributed by atoms with van der Waals surface area (Å²) < 4.78 is 5.51. The summed E-state index contributed by atoms with van der Waals surface area (Å²) in [6, 6.07) is 5.43. The molecule has 0 fully saturated rings. The molecule has 1 atom stereocenters. The number of carbonyl (C=O) groups is 1. The van der Waals surface area contributed by atoms with E-state index >= 15 is 0 Å². The highest BCUT2D eigenvalue weighted by Gasteiger charge is 2.20. The van der Waals surface area contributed by atoms with Gasteiger partial charge in [-0.1, -0.05) is 26.0 Å². The van der Waals surface area contributed by atoms with Crippen molar-refractivity contribution in [3.05, 3.63) is 29.3 Å². The van der Waals surface area contributed by atoms with E-state index < -0.39 is 6.04 Å². The van der Waals surface area contributed by atoms with Crippen LogP contribution in [0.4, 0.5) is 0 Å². The first-order valence-corrected chi connectivity index (χ1v) is 7.16. The summed E-state index contributed by atoms with van der Waals surface area (Å²) >= 11 is 0. The molecule has 0 saturated heterocycles. The molecule has 1 unspecified atom stereocenters. The van der Waals surface area contributed by atoms with Crippen molar-refractivity contribution in [3.63, 3.8) is 0 Å². The molecule has 0 saturated carbocycles. The smallest absolute Gasteiger partial charge is 0.328 e. The molecular formula is C16H23NO2. The van der Waals surface area contributed by atoms with Gasteiger partial charge in [0.25, 0.3) is 0 Å². The number of aryl methyl sites for hydroxylation is 1. The third kappa shape index (κ3) is 3.57. The molecule has 1 aliphatic carbocycles. The van der Waals surface area contributed by atoms with E-state index in [0.717, 1.165) is 12.8 Å². The van der Waals surface area contributed by atoms with Crippen LogP contribution in [0.1, 0.15) is 44.2 Å². The van der Waals surface area contributed by atoms with Gasteiger partial charge in [-0.15, -0.1) is 0 Å². The van der Waals surface area contributed by atoms with Crippen molar-refractivity contribution in [1.82, 2.24) is 0 Å². The van der Waals surface area contributed by atoms with Crippen LogP contribution in [0.5, 0.6) is 5.75 Å². The average Bonchev–Trinajstić information content (AvgIpc) is 2.38. The molecule has 0 aliphatic heterocycles. The second kappa shape index (κ2) is 6.20. The lowest BCUT2D eigenvalue weighted by atomic mass is 9.91. The van der Waals surface area contributed by atoms with Gasteiger partial charge in [-0.2, -0.15) is 0 Å². The van der Waals surface area contributed by atoms with Crippen LogP contribution in [0, 0.1) is 5.92 Å². The van der Waals surface area contributed by atoms with E-state index in [1.165, 1.54) is 24.0 Å². The molecule has 3 nitrogen and oxygen atoms in total. The van der Waals surface area contributed by atoms with E-state index in [1.54, 1.807) is 0 Å². The highest BCUT2D eigenvalue weighted by molar-refractivity contribution is 5.78. The number of hydrogen-bond acceptors (Lipinski definition) is 3.